The molecule has 1 amide bonds. The largest absolute Gasteiger partial charge is 0.489 e. The standard InChI is InChI=1S/C20H31F2N5O2/c1-4-27-10-5-6-16(27)13-24-20(25-14-19(28)26(2)3)23-9-11-29-18-8-7-15(21)12-17(18)22/h7-8,12,16H,4-6,9-11,13-14H2,1-3H3,(H2,23,24,25). The Kier molecular flexibility index (Phi) is 9.11. The molecule has 0 spiro atoms. The molecule has 29 heavy (non-hydrogen) atoms. The smallest absolute Gasteiger partial charge is 0.243 e. The first-order chi connectivity index (χ1) is 13.9. The monoisotopic (exact) mass is 411 g/mol. The molecule has 1 atom stereocenters. The van der Waals surface area contributed by atoms with Gasteiger partial charge in [0.2, 0.25) is 5.91 Å². The minimum atomic E-state index is -0.741. The first-order valence-corrected chi connectivity index (χ1v) is 9.95. The highest BCUT2D eigenvalue weighted by molar-refractivity contribution is 5.84. The van der Waals surface area contributed by atoms with E-state index in [0.29, 0.717) is 18.5 Å². The number of benzene rings is 1. The van der Waals surface area contributed by atoms with E-state index < -0.39 is 11.6 Å². The van der Waals surface area contributed by atoms with Crippen molar-refractivity contribution in [2.45, 2.75) is 25.8 Å². The number of carbonyl (C=O) groups excluding carboxylic acids is 1. The number of ether oxygens (including phenoxy) is 1. The zero-order valence-corrected chi connectivity index (χ0v) is 17.4. The third kappa shape index (κ3) is 7.49. The number of nitrogens with zero attached hydrogens (tertiary/aromatic N) is 3. The number of amides is 1. The third-order valence-electron chi connectivity index (χ3n) is 4.83. The first-order valence-electron chi connectivity index (χ1n) is 9.95. The molecule has 0 radical (unpaired) electrons. The summed E-state index contributed by atoms with van der Waals surface area (Å²) in [5.74, 6) is -0.996. The van der Waals surface area contributed by atoms with E-state index in [9.17, 15) is 13.6 Å². The summed E-state index contributed by atoms with van der Waals surface area (Å²) in [5, 5.41) is 6.39. The van der Waals surface area contributed by atoms with Crippen molar-refractivity contribution in [2.24, 2.45) is 4.99 Å². The number of halogens is 2. The summed E-state index contributed by atoms with van der Waals surface area (Å²) in [7, 11) is 3.36. The van der Waals surface area contributed by atoms with Gasteiger partial charge in [-0.2, -0.15) is 0 Å². The SMILES string of the molecule is CCN1CCCC1CNC(=NCC(=O)N(C)C)NCCOc1ccc(F)cc1F. The summed E-state index contributed by atoms with van der Waals surface area (Å²) in [6.07, 6.45) is 2.30. The Morgan fingerprint density at radius 3 is 2.83 bits per heavy atom. The number of guanidine groups is 1. The number of hydrogen-bond acceptors (Lipinski definition) is 4. The number of carbonyl (C=O) groups is 1. The Bertz CT molecular complexity index is 699. The van der Waals surface area contributed by atoms with Crippen molar-refractivity contribution in [1.82, 2.24) is 20.4 Å². The lowest BCUT2D eigenvalue weighted by atomic mass is 10.2. The van der Waals surface area contributed by atoms with E-state index in [1.165, 1.54) is 17.4 Å². The molecule has 1 aromatic carbocycles. The van der Waals surface area contributed by atoms with Crippen molar-refractivity contribution in [2.75, 3.05) is 53.4 Å². The van der Waals surface area contributed by atoms with Gasteiger partial charge in [0.1, 0.15) is 19.0 Å². The molecule has 1 aliphatic rings. The molecule has 9 heteroatoms. The second-order valence-electron chi connectivity index (χ2n) is 7.11. The number of rotatable bonds is 9. The quantitative estimate of drug-likeness (QED) is 0.366. The second kappa shape index (κ2) is 11.5. The Balaban J connectivity index is 1.86. The molecule has 0 saturated carbocycles. The molecule has 2 rings (SSSR count). The van der Waals surface area contributed by atoms with E-state index in [1.807, 2.05) is 0 Å². The number of aliphatic imine (C=N–C) groups is 1. The minimum absolute atomic E-state index is 0.00743. The maximum Gasteiger partial charge on any atom is 0.243 e. The number of likely N-dealkylation sites (tertiary alicyclic amines) is 1. The fourth-order valence-electron chi connectivity index (χ4n) is 3.14. The Morgan fingerprint density at radius 2 is 2.14 bits per heavy atom. The molecule has 2 N–H and O–H groups in total. The Labute approximate surface area is 171 Å². The zero-order valence-electron chi connectivity index (χ0n) is 17.4. The predicted octanol–water partition coefficient (Wildman–Crippen LogP) is 1.45. The van der Waals surface area contributed by atoms with Crippen LogP contribution in [-0.4, -0.2) is 81.1 Å². The summed E-state index contributed by atoms with van der Waals surface area (Å²) in [6, 6.07) is 3.62. The summed E-state index contributed by atoms with van der Waals surface area (Å²) in [5.41, 5.74) is 0. The van der Waals surface area contributed by atoms with Crippen LogP contribution in [0.15, 0.2) is 23.2 Å². The number of likely N-dealkylation sites (N-methyl/N-ethyl adjacent to an activating group) is 2. The maximum atomic E-state index is 13.6. The molecule has 162 valence electrons. The summed E-state index contributed by atoms with van der Waals surface area (Å²) in [6.45, 7) is 5.51. The van der Waals surface area contributed by atoms with Crippen molar-refractivity contribution in [3.8, 4) is 5.75 Å². The molecule has 7 nitrogen and oxygen atoms in total. The predicted molar refractivity (Wildman–Crippen MR) is 109 cm³/mol. The highest BCUT2D eigenvalue weighted by Gasteiger charge is 2.22. The summed E-state index contributed by atoms with van der Waals surface area (Å²) < 4.78 is 31.9. The van der Waals surface area contributed by atoms with Crippen LogP contribution < -0.4 is 15.4 Å². The highest BCUT2D eigenvalue weighted by atomic mass is 19.1. The lowest BCUT2D eigenvalue weighted by Crippen LogP contribution is -2.46. The van der Waals surface area contributed by atoms with E-state index in [1.54, 1.807) is 14.1 Å². The van der Waals surface area contributed by atoms with Crippen molar-refractivity contribution in [1.29, 1.82) is 0 Å². The van der Waals surface area contributed by atoms with E-state index in [0.717, 1.165) is 38.2 Å². The average Bonchev–Trinajstić information content (AvgIpc) is 3.15. The van der Waals surface area contributed by atoms with Gasteiger partial charge in [-0.3, -0.25) is 9.69 Å². The molecular formula is C20H31F2N5O2. The van der Waals surface area contributed by atoms with Crippen LogP contribution >= 0.6 is 0 Å². The lowest BCUT2D eigenvalue weighted by Gasteiger charge is -2.24. The Morgan fingerprint density at radius 1 is 1.34 bits per heavy atom. The topological polar surface area (TPSA) is 69.2 Å². The first kappa shape index (κ1) is 22.9. The van der Waals surface area contributed by atoms with Crippen molar-refractivity contribution >= 4 is 11.9 Å². The summed E-state index contributed by atoms with van der Waals surface area (Å²) >= 11 is 0. The molecule has 0 aliphatic carbocycles. The third-order valence-corrected chi connectivity index (χ3v) is 4.83. The minimum Gasteiger partial charge on any atom is -0.489 e. The van der Waals surface area contributed by atoms with Gasteiger partial charge >= 0.3 is 0 Å². The number of nitrogens with one attached hydrogen (secondary N) is 2. The molecule has 1 heterocycles. The molecule has 1 saturated heterocycles. The fourth-order valence-corrected chi connectivity index (χ4v) is 3.14. The van der Waals surface area contributed by atoms with Crippen LogP contribution in [-0.2, 0) is 4.79 Å². The molecule has 1 aromatic rings. The van der Waals surface area contributed by atoms with Crippen LogP contribution in [0, 0.1) is 11.6 Å². The molecule has 0 aromatic heterocycles. The van der Waals surface area contributed by atoms with Crippen LogP contribution in [0.25, 0.3) is 0 Å². The Hall–Kier alpha value is -2.42. The van der Waals surface area contributed by atoms with Crippen LogP contribution in [0.2, 0.25) is 0 Å². The maximum absolute atomic E-state index is 13.6. The van der Waals surface area contributed by atoms with Crippen LogP contribution in [0.5, 0.6) is 5.75 Å². The molecule has 0 bridgehead atoms. The van der Waals surface area contributed by atoms with Crippen molar-refractivity contribution in [3.63, 3.8) is 0 Å². The van der Waals surface area contributed by atoms with Gasteiger partial charge < -0.3 is 20.3 Å². The molecule has 1 unspecified atom stereocenters. The van der Waals surface area contributed by atoms with Gasteiger partial charge in [0.25, 0.3) is 0 Å². The van der Waals surface area contributed by atoms with Crippen molar-refractivity contribution in [3.05, 3.63) is 29.8 Å². The molecular weight excluding hydrogens is 380 g/mol. The normalized spacial score (nSPS) is 17.3. The molecule has 1 aliphatic heterocycles. The van der Waals surface area contributed by atoms with Crippen LogP contribution in [0.3, 0.4) is 0 Å². The van der Waals surface area contributed by atoms with Crippen molar-refractivity contribution < 1.29 is 18.3 Å². The van der Waals surface area contributed by atoms with Gasteiger partial charge in [0.05, 0.1) is 6.54 Å². The lowest BCUT2D eigenvalue weighted by molar-refractivity contribution is -0.127. The van der Waals surface area contributed by atoms with Gasteiger partial charge in [0, 0.05) is 32.7 Å². The zero-order chi connectivity index (χ0) is 21.2. The van der Waals surface area contributed by atoms with E-state index in [2.05, 4.69) is 27.4 Å². The van der Waals surface area contributed by atoms with Gasteiger partial charge in [-0.15, -0.1) is 0 Å². The summed E-state index contributed by atoms with van der Waals surface area (Å²) in [4.78, 5) is 20.1. The van der Waals surface area contributed by atoms with Crippen LogP contribution in [0.4, 0.5) is 8.78 Å². The molecule has 1 fully saturated rings. The van der Waals surface area contributed by atoms with E-state index >= 15 is 0 Å². The van der Waals surface area contributed by atoms with E-state index in [4.69, 9.17) is 4.74 Å². The van der Waals surface area contributed by atoms with Gasteiger partial charge in [-0.1, -0.05) is 6.92 Å². The number of hydrogen-bond donors (Lipinski definition) is 2. The van der Waals surface area contributed by atoms with E-state index in [-0.39, 0.29) is 24.8 Å². The van der Waals surface area contributed by atoms with Gasteiger partial charge in [-0.25, -0.2) is 13.8 Å². The van der Waals surface area contributed by atoms with Gasteiger partial charge in [0.15, 0.2) is 17.5 Å². The highest BCUT2D eigenvalue weighted by Crippen LogP contribution is 2.17. The van der Waals surface area contributed by atoms with Gasteiger partial charge in [-0.05, 0) is 38.1 Å². The fraction of sp³-hybridized carbons (Fsp3) is 0.600. The average molecular weight is 411 g/mol. The second-order valence-corrected chi connectivity index (χ2v) is 7.11. The van der Waals surface area contributed by atoms with Crippen LogP contribution in [0.1, 0.15) is 19.8 Å².